The summed E-state index contributed by atoms with van der Waals surface area (Å²) in [5.41, 5.74) is 0.824. The average molecular weight is 263 g/mol. The number of alkyl halides is 3. The van der Waals surface area contributed by atoms with Crippen molar-refractivity contribution in [2.75, 3.05) is 13.7 Å². The summed E-state index contributed by atoms with van der Waals surface area (Å²) in [4.78, 5) is 0. The van der Waals surface area contributed by atoms with E-state index in [1.165, 1.54) is 7.11 Å². The fraction of sp³-hybridized carbons (Fsp3) is 0.500. The van der Waals surface area contributed by atoms with Crippen LogP contribution >= 0.6 is 0 Å². The first-order chi connectivity index (χ1) is 8.34. The smallest absolute Gasteiger partial charge is 0.415 e. The third-order valence-corrected chi connectivity index (χ3v) is 2.61. The van der Waals surface area contributed by atoms with Crippen molar-refractivity contribution < 1.29 is 23.0 Å². The van der Waals surface area contributed by atoms with Gasteiger partial charge in [-0.1, -0.05) is 12.1 Å². The van der Waals surface area contributed by atoms with Crippen LogP contribution in [-0.2, 0) is 0 Å². The highest BCUT2D eigenvalue weighted by atomic mass is 19.4. The first-order valence-electron chi connectivity index (χ1n) is 5.46. The Labute approximate surface area is 104 Å². The molecule has 18 heavy (non-hydrogen) atoms. The highest BCUT2D eigenvalue weighted by Crippen LogP contribution is 2.21. The molecule has 0 heterocycles. The Hall–Kier alpha value is -1.27. The number of benzene rings is 1. The summed E-state index contributed by atoms with van der Waals surface area (Å²) in [6.07, 6.45) is -6.94. The molecule has 3 nitrogen and oxygen atoms in total. The molecule has 0 aliphatic heterocycles. The molecule has 0 amide bonds. The molecule has 0 aliphatic rings. The van der Waals surface area contributed by atoms with Gasteiger partial charge in [-0.15, -0.1) is 0 Å². The van der Waals surface area contributed by atoms with Crippen LogP contribution in [-0.4, -0.2) is 31.0 Å². The van der Waals surface area contributed by atoms with Crippen molar-refractivity contribution in [3.63, 3.8) is 0 Å². The first-order valence-corrected chi connectivity index (χ1v) is 5.46. The monoisotopic (exact) mass is 263 g/mol. The van der Waals surface area contributed by atoms with E-state index in [1.807, 2.05) is 0 Å². The minimum absolute atomic E-state index is 0.284. The van der Waals surface area contributed by atoms with Crippen molar-refractivity contribution in [1.82, 2.24) is 5.32 Å². The Morgan fingerprint density at radius 1 is 1.28 bits per heavy atom. The van der Waals surface area contributed by atoms with E-state index in [9.17, 15) is 13.2 Å². The van der Waals surface area contributed by atoms with Crippen molar-refractivity contribution in [2.24, 2.45) is 0 Å². The molecular formula is C12H16F3NO2. The van der Waals surface area contributed by atoms with Gasteiger partial charge in [0.1, 0.15) is 5.75 Å². The van der Waals surface area contributed by atoms with Crippen molar-refractivity contribution in [3.8, 4) is 5.75 Å². The molecule has 0 saturated carbocycles. The van der Waals surface area contributed by atoms with Crippen LogP contribution in [0.1, 0.15) is 18.5 Å². The van der Waals surface area contributed by atoms with Gasteiger partial charge in [0.25, 0.3) is 0 Å². The SMILES string of the molecule is COc1ccc(C(C)NCC(O)C(F)(F)F)cc1. The van der Waals surface area contributed by atoms with E-state index >= 15 is 0 Å². The Morgan fingerprint density at radius 2 is 1.83 bits per heavy atom. The topological polar surface area (TPSA) is 41.5 Å². The predicted molar refractivity (Wildman–Crippen MR) is 61.5 cm³/mol. The number of aliphatic hydroxyl groups is 1. The van der Waals surface area contributed by atoms with Gasteiger partial charge < -0.3 is 15.2 Å². The molecule has 0 aliphatic carbocycles. The van der Waals surface area contributed by atoms with Crippen LogP contribution in [0, 0.1) is 0 Å². The Balaban J connectivity index is 2.52. The van der Waals surface area contributed by atoms with Crippen molar-refractivity contribution in [3.05, 3.63) is 29.8 Å². The third-order valence-electron chi connectivity index (χ3n) is 2.61. The highest BCUT2D eigenvalue weighted by molar-refractivity contribution is 5.28. The van der Waals surface area contributed by atoms with Crippen LogP contribution in [0.25, 0.3) is 0 Å². The fourth-order valence-electron chi connectivity index (χ4n) is 1.41. The molecule has 102 valence electrons. The predicted octanol–water partition coefficient (Wildman–Crippen LogP) is 2.27. The zero-order valence-electron chi connectivity index (χ0n) is 10.2. The molecule has 2 N–H and O–H groups in total. The van der Waals surface area contributed by atoms with Crippen LogP contribution in [0.2, 0.25) is 0 Å². The maximum absolute atomic E-state index is 12.1. The number of aliphatic hydroxyl groups excluding tert-OH is 1. The van der Waals surface area contributed by atoms with Gasteiger partial charge >= 0.3 is 6.18 Å². The van der Waals surface area contributed by atoms with Crippen LogP contribution in [0.15, 0.2) is 24.3 Å². The lowest BCUT2D eigenvalue weighted by molar-refractivity contribution is -0.202. The maximum atomic E-state index is 12.1. The quantitative estimate of drug-likeness (QED) is 0.856. The van der Waals surface area contributed by atoms with Gasteiger partial charge in [-0.25, -0.2) is 0 Å². The minimum Gasteiger partial charge on any atom is -0.497 e. The number of methoxy groups -OCH3 is 1. The van der Waals surface area contributed by atoms with Gasteiger partial charge in [-0.05, 0) is 24.6 Å². The normalized spacial score (nSPS) is 15.2. The maximum Gasteiger partial charge on any atom is 0.415 e. The van der Waals surface area contributed by atoms with Gasteiger partial charge in [0, 0.05) is 12.6 Å². The molecule has 0 spiro atoms. The summed E-state index contributed by atoms with van der Waals surface area (Å²) in [5.74, 6) is 0.682. The summed E-state index contributed by atoms with van der Waals surface area (Å²) in [7, 11) is 1.54. The lowest BCUT2D eigenvalue weighted by atomic mass is 10.1. The molecule has 1 aromatic rings. The fourth-order valence-corrected chi connectivity index (χ4v) is 1.41. The third kappa shape index (κ3) is 4.19. The summed E-state index contributed by atoms with van der Waals surface area (Å²) in [6, 6.07) is 6.70. The lowest BCUT2D eigenvalue weighted by Gasteiger charge is -2.19. The summed E-state index contributed by atoms with van der Waals surface area (Å²) < 4.78 is 41.3. The van der Waals surface area contributed by atoms with E-state index in [1.54, 1.807) is 31.2 Å². The van der Waals surface area contributed by atoms with Gasteiger partial charge in [-0.2, -0.15) is 13.2 Å². The average Bonchev–Trinajstić information content (AvgIpc) is 2.34. The molecule has 0 aromatic heterocycles. The molecule has 2 unspecified atom stereocenters. The minimum atomic E-state index is -4.59. The number of hydrogen-bond acceptors (Lipinski definition) is 3. The molecule has 0 fully saturated rings. The Morgan fingerprint density at radius 3 is 2.28 bits per heavy atom. The zero-order chi connectivity index (χ0) is 13.8. The molecule has 6 heteroatoms. The highest BCUT2D eigenvalue weighted by Gasteiger charge is 2.37. The lowest BCUT2D eigenvalue weighted by Crippen LogP contribution is -2.39. The number of ether oxygens (including phenoxy) is 1. The van der Waals surface area contributed by atoms with Crippen molar-refractivity contribution in [2.45, 2.75) is 25.2 Å². The molecule has 0 radical (unpaired) electrons. The number of rotatable bonds is 5. The second kappa shape index (κ2) is 6.06. The molecule has 0 saturated heterocycles. The summed E-state index contributed by atoms with van der Waals surface area (Å²) in [5, 5.41) is 11.5. The Bertz CT molecular complexity index is 365. The molecule has 1 rings (SSSR count). The first kappa shape index (κ1) is 14.8. The van der Waals surface area contributed by atoms with Crippen molar-refractivity contribution in [1.29, 1.82) is 0 Å². The Kier molecular flexibility index (Phi) is 4.98. The molecule has 2 atom stereocenters. The standard InChI is InChI=1S/C12H16F3NO2/c1-8(16-7-11(17)12(13,14)15)9-3-5-10(18-2)6-4-9/h3-6,8,11,16-17H,7H2,1-2H3. The van der Waals surface area contributed by atoms with Crippen molar-refractivity contribution >= 4 is 0 Å². The van der Waals surface area contributed by atoms with Crippen LogP contribution < -0.4 is 10.1 Å². The van der Waals surface area contributed by atoms with Crippen LogP contribution in [0.4, 0.5) is 13.2 Å². The van der Waals surface area contributed by atoms with Crippen LogP contribution in [0.3, 0.4) is 0 Å². The van der Waals surface area contributed by atoms with E-state index in [-0.39, 0.29) is 6.04 Å². The van der Waals surface area contributed by atoms with E-state index in [0.29, 0.717) is 5.75 Å². The molecular weight excluding hydrogens is 247 g/mol. The van der Waals surface area contributed by atoms with Gasteiger partial charge in [0.2, 0.25) is 0 Å². The summed E-state index contributed by atoms with van der Waals surface area (Å²) >= 11 is 0. The van der Waals surface area contributed by atoms with E-state index in [2.05, 4.69) is 5.32 Å². The van der Waals surface area contributed by atoms with Gasteiger partial charge in [-0.3, -0.25) is 0 Å². The van der Waals surface area contributed by atoms with Crippen LogP contribution in [0.5, 0.6) is 5.75 Å². The van der Waals surface area contributed by atoms with E-state index in [4.69, 9.17) is 9.84 Å². The van der Waals surface area contributed by atoms with Gasteiger partial charge in [0.05, 0.1) is 7.11 Å². The number of halogens is 3. The summed E-state index contributed by atoms with van der Waals surface area (Å²) in [6.45, 7) is 1.20. The second-order valence-corrected chi connectivity index (χ2v) is 3.96. The number of hydrogen-bond donors (Lipinski definition) is 2. The van der Waals surface area contributed by atoms with E-state index < -0.39 is 18.8 Å². The largest absolute Gasteiger partial charge is 0.497 e. The molecule has 1 aromatic carbocycles. The van der Waals surface area contributed by atoms with E-state index in [0.717, 1.165) is 5.56 Å². The van der Waals surface area contributed by atoms with Gasteiger partial charge in [0.15, 0.2) is 6.10 Å². The second-order valence-electron chi connectivity index (χ2n) is 3.96. The number of nitrogens with one attached hydrogen (secondary N) is 1. The molecule has 0 bridgehead atoms. The zero-order valence-corrected chi connectivity index (χ0v) is 10.2.